The van der Waals surface area contributed by atoms with E-state index < -0.39 is 0 Å². The van der Waals surface area contributed by atoms with Crippen molar-refractivity contribution in [2.45, 2.75) is 38.6 Å². The highest BCUT2D eigenvalue weighted by atomic mass is 15.2. The SMILES string of the molecule is CC1CCCCC1N(C)CCNCCN(C)C. The average molecular weight is 241 g/mol. The van der Waals surface area contributed by atoms with Crippen molar-refractivity contribution in [2.75, 3.05) is 47.3 Å². The molecule has 0 heterocycles. The summed E-state index contributed by atoms with van der Waals surface area (Å²) in [7, 11) is 6.54. The first-order valence-corrected chi connectivity index (χ1v) is 7.17. The molecule has 102 valence electrons. The smallest absolute Gasteiger partial charge is 0.0118 e. The summed E-state index contributed by atoms with van der Waals surface area (Å²) in [6, 6.07) is 0.819. The van der Waals surface area contributed by atoms with Crippen LogP contribution < -0.4 is 5.32 Å². The van der Waals surface area contributed by atoms with Crippen LogP contribution in [-0.4, -0.2) is 63.2 Å². The van der Waals surface area contributed by atoms with Crippen molar-refractivity contribution in [3.63, 3.8) is 0 Å². The molecule has 3 nitrogen and oxygen atoms in total. The molecule has 3 heteroatoms. The second-order valence-corrected chi connectivity index (χ2v) is 5.86. The van der Waals surface area contributed by atoms with E-state index in [1.54, 1.807) is 0 Å². The Morgan fingerprint density at radius 1 is 1.00 bits per heavy atom. The van der Waals surface area contributed by atoms with E-state index in [4.69, 9.17) is 0 Å². The number of likely N-dealkylation sites (N-methyl/N-ethyl adjacent to an activating group) is 2. The maximum absolute atomic E-state index is 3.52. The predicted molar refractivity (Wildman–Crippen MR) is 75.5 cm³/mol. The Balaban J connectivity index is 2.09. The molecule has 2 atom stereocenters. The van der Waals surface area contributed by atoms with Crippen LogP contribution in [0.1, 0.15) is 32.6 Å². The molecule has 0 aliphatic heterocycles. The minimum Gasteiger partial charge on any atom is -0.314 e. The Hall–Kier alpha value is -0.120. The number of hydrogen-bond donors (Lipinski definition) is 1. The van der Waals surface area contributed by atoms with Crippen LogP contribution in [0.15, 0.2) is 0 Å². The summed E-state index contributed by atoms with van der Waals surface area (Å²) in [5, 5.41) is 3.52. The molecule has 0 amide bonds. The van der Waals surface area contributed by atoms with Crippen LogP contribution in [0, 0.1) is 5.92 Å². The van der Waals surface area contributed by atoms with Gasteiger partial charge in [-0.25, -0.2) is 0 Å². The van der Waals surface area contributed by atoms with Crippen LogP contribution >= 0.6 is 0 Å². The van der Waals surface area contributed by atoms with E-state index in [1.807, 2.05) is 0 Å². The molecule has 0 aromatic carbocycles. The van der Waals surface area contributed by atoms with Gasteiger partial charge in [0.2, 0.25) is 0 Å². The van der Waals surface area contributed by atoms with Gasteiger partial charge in [-0.05, 0) is 39.9 Å². The van der Waals surface area contributed by atoms with Gasteiger partial charge in [-0.1, -0.05) is 19.8 Å². The zero-order valence-electron chi connectivity index (χ0n) is 12.2. The fourth-order valence-corrected chi connectivity index (χ4v) is 2.80. The predicted octanol–water partition coefficient (Wildman–Crippen LogP) is 1.65. The molecule has 1 N–H and O–H groups in total. The third-order valence-electron chi connectivity index (χ3n) is 4.01. The lowest BCUT2D eigenvalue weighted by atomic mass is 9.85. The molecule has 1 fully saturated rings. The summed E-state index contributed by atoms with van der Waals surface area (Å²) < 4.78 is 0. The standard InChI is InChI=1S/C14H31N3/c1-13-7-5-6-8-14(13)17(4)12-10-15-9-11-16(2)3/h13-15H,5-12H2,1-4H3. The number of nitrogens with zero attached hydrogens (tertiary/aromatic N) is 2. The number of rotatable bonds is 7. The first kappa shape index (κ1) is 14.9. The van der Waals surface area contributed by atoms with E-state index in [-0.39, 0.29) is 0 Å². The van der Waals surface area contributed by atoms with Gasteiger partial charge in [0.15, 0.2) is 0 Å². The van der Waals surface area contributed by atoms with Crippen molar-refractivity contribution in [1.29, 1.82) is 0 Å². The van der Waals surface area contributed by atoms with E-state index in [0.717, 1.165) is 31.6 Å². The number of nitrogens with one attached hydrogen (secondary N) is 1. The lowest BCUT2D eigenvalue weighted by molar-refractivity contribution is 0.140. The van der Waals surface area contributed by atoms with Crippen molar-refractivity contribution >= 4 is 0 Å². The van der Waals surface area contributed by atoms with Crippen LogP contribution in [0.25, 0.3) is 0 Å². The highest BCUT2D eigenvalue weighted by Gasteiger charge is 2.24. The molecule has 0 spiro atoms. The van der Waals surface area contributed by atoms with Gasteiger partial charge in [-0.2, -0.15) is 0 Å². The van der Waals surface area contributed by atoms with Gasteiger partial charge in [0, 0.05) is 32.2 Å². The Labute approximate surface area is 108 Å². The summed E-state index contributed by atoms with van der Waals surface area (Å²) in [5.74, 6) is 0.885. The average Bonchev–Trinajstić information content (AvgIpc) is 2.28. The molecular weight excluding hydrogens is 210 g/mol. The molecule has 1 aliphatic carbocycles. The zero-order valence-corrected chi connectivity index (χ0v) is 12.2. The van der Waals surface area contributed by atoms with E-state index >= 15 is 0 Å². The van der Waals surface area contributed by atoms with Gasteiger partial charge >= 0.3 is 0 Å². The fourth-order valence-electron chi connectivity index (χ4n) is 2.80. The van der Waals surface area contributed by atoms with Crippen molar-refractivity contribution in [1.82, 2.24) is 15.1 Å². The first-order chi connectivity index (χ1) is 8.11. The Kier molecular flexibility index (Phi) is 7.09. The van der Waals surface area contributed by atoms with Gasteiger partial charge in [0.1, 0.15) is 0 Å². The molecular formula is C14H31N3. The van der Waals surface area contributed by atoms with E-state index in [2.05, 4.69) is 43.2 Å². The van der Waals surface area contributed by atoms with Gasteiger partial charge in [-0.15, -0.1) is 0 Å². The molecule has 1 rings (SSSR count). The summed E-state index contributed by atoms with van der Waals surface area (Å²) in [6.45, 7) is 6.94. The minimum atomic E-state index is 0.819. The van der Waals surface area contributed by atoms with Crippen molar-refractivity contribution < 1.29 is 0 Å². The second-order valence-electron chi connectivity index (χ2n) is 5.86. The second kappa shape index (κ2) is 8.06. The van der Waals surface area contributed by atoms with E-state index in [1.165, 1.54) is 32.2 Å². The summed E-state index contributed by atoms with van der Waals surface area (Å²) in [5.41, 5.74) is 0. The molecule has 0 saturated heterocycles. The maximum Gasteiger partial charge on any atom is 0.0118 e. The first-order valence-electron chi connectivity index (χ1n) is 7.17. The van der Waals surface area contributed by atoms with Gasteiger partial charge < -0.3 is 15.1 Å². The Bertz CT molecular complexity index is 194. The molecule has 1 aliphatic rings. The van der Waals surface area contributed by atoms with E-state index in [9.17, 15) is 0 Å². The summed E-state index contributed by atoms with van der Waals surface area (Å²) in [6.07, 6.45) is 5.68. The molecule has 0 aromatic heterocycles. The summed E-state index contributed by atoms with van der Waals surface area (Å²) >= 11 is 0. The van der Waals surface area contributed by atoms with Crippen molar-refractivity contribution in [3.8, 4) is 0 Å². The third kappa shape index (κ3) is 5.84. The van der Waals surface area contributed by atoms with Gasteiger partial charge in [-0.3, -0.25) is 0 Å². The Morgan fingerprint density at radius 2 is 1.65 bits per heavy atom. The van der Waals surface area contributed by atoms with E-state index in [0.29, 0.717) is 0 Å². The van der Waals surface area contributed by atoms with Crippen LogP contribution in [0.4, 0.5) is 0 Å². The molecule has 1 saturated carbocycles. The Morgan fingerprint density at radius 3 is 2.29 bits per heavy atom. The topological polar surface area (TPSA) is 18.5 Å². The van der Waals surface area contributed by atoms with Crippen LogP contribution in [0.2, 0.25) is 0 Å². The maximum atomic E-state index is 3.52. The third-order valence-corrected chi connectivity index (χ3v) is 4.01. The zero-order chi connectivity index (χ0) is 12.7. The van der Waals surface area contributed by atoms with Gasteiger partial charge in [0.05, 0.1) is 0 Å². The van der Waals surface area contributed by atoms with Gasteiger partial charge in [0.25, 0.3) is 0 Å². The highest BCUT2D eigenvalue weighted by Crippen LogP contribution is 2.26. The van der Waals surface area contributed by atoms with Crippen molar-refractivity contribution in [2.24, 2.45) is 5.92 Å². The molecule has 0 bridgehead atoms. The lowest BCUT2D eigenvalue weighted by Crippen LogP contribution is -2.42. The summed E-state index contributed by atoms with van der Waals surface area (Å²) in [4.78, 5) is 4.78. The number of hydrogen-bond acceptors (Lipinski definition) is 3. The van der Waals surface area contributed by atoms with Crippen LogP contribution in [-0.2, 0) is 0 Å². The highest BCUT2D eigenvalue weighted by molar-refractivity contribution is 4.79. The van der Waals surface area contributed by atoms with Crippen molar-refractivity contribution in [3.05, 3.63) is 0 Å². The van der Waals surface area contributed by atoms with Crippen LogP contribution in [0.5, 0.6) is 0 Å². The largest absolute Gasteiger partial charge is 0.314 e. The lowest BCUT2D eigenvalue weighted by Gasteiger charge is -2.36. The molecule has 0 aromatic rings. The minimum absolute atomic E-state index is 0.819. The molecule has 17 heavy (non-hydrogen) atoms. The van der Waals surface area contributed by atoms with Crippen LogP contribution in [0.3, 0.4) is 0 Å². The monoisotopic (exact) mass is 241 g/mol. The normalized spacial score (nSPS) is 25.8. The quantitative estimate of drug-likeness (QED) is 0.684. The molecule has 2 unspecified atom stereocenters. The fraction of sp³-hybridized carbons (Fsp3) is 1.00. The molecule has 0 radical (unpaired) electrons.